The van der Waals surface area contributed by atoms with Crippen molar-refractivity contribution in [3.05, 3.63) is 146 Å². The Morgan fingerprint density at radius 2 is 0.520 bits per heavy atom. The Kier molecular flexibility index (Phi) is 58.0. The number of unbranched alkanes of at least 4 members (excludes halogenated alkanes) is 18. The fraction of sp³-hybridized carbons (Fsp3) is 0.609. The smallest absolute Gasteiger partial charge is 0.306 e. The zero-order valence-corrected chi connectivity index (χ0v) is 48.3. The van der Waals surface area contributed by atoms with Crippen LogP contribution in [0.5, 0.6) is 0 Å². The molecule has 0 aromatic heterocycles. The molecule has 0 spiro atoms. The first-order valence-corrected chi connectivity index (χ1v) is 30.3. The molecule has 1 unspecified atom stereocenters. The first-order chi connectivity index (χ1) is 37.0. The Labute approximate surface area is 461 Å². The van der Waals surface area contributed by atoms with Gasteiger partial charge in [0.05, 0.1) is 0 Å². The highest BCUT2D eigenvalue weighted by atomic mass is 16.6. The van der Waals surface area contributed by atoms with Crippen LogP contribution in [0.2, 0.25) is 0 Å². The van der Waals surface area contributed by atoms with Gasteiger partial charge in [-0.3, -0.25) is 14.4 Å². The molecule has 0 fully saturated rings. The van der Waals surface area contributed by atoms with Gasteiger partial charge in [-0.05, 0) is 128 Å². The van der Waals surface area contributed by atoms with E-state index in [9.17, 15) is 14.4 Å². The lowest BCUT2D eigenvalue weighted by molar-refractivity contribution is -0.167. The maximum Gasteiger partial charge on any atom is 0.306 e. The van der Waals surface area contributed by atoms with Crippen LogP contribution in [0.4, 0.5) is 0 Å². The fourth-order valence-corrected chi connectivity index (χ4v) is 7.79. The maximum atomic E-state index is 12.8. The Morgan fingerprint density at radius 1 is 0.280 bits per heavy atom. The lowest BCUT2D eigenvalue weighted by atomic mass is 10.1. The van der Waals surface area contributed by atoms with E-state index >= 15 is 0 Å². The van der Waals surface area contributed by atoms with Gasteiger partial charge in [0, 0.05) is 19.3 Å². The van der Waals surface area contributed by atoms with Gasteiger partial charge in [-0.2, -0.15) is 0 Å². The number of hydrogen-bond acceptors (Lipinski definition) is 6. The molecule has 0 aliphatic rings. The van der Waals surface area contributed by atoms with Crippen molar-refractivity contribution in [3.63, 3.8) is 0 Å². The number of rotatable bonds is 53. The summed E-state index contributed by atoms with van der Waals surface area (Å²) in [6.45, 7) is 6.40. The van der Waals surface area contributed by atoms with Gasteiger partial charge < -0.3 is 14.2 Å². The summed E-state index contributed by atoms with van der Waals surface area (Å²) in [7, 11) is 0. The lowest BCUT2D eigenvalue weighted by Crippen LogP contribution is -2.30. The number of allylic oxidation sites excluding steroid dienone is 24. The monoisotopic (exact) mass is 1030 g/mol. The quantitative estimate of drug-likeness (QED) is 0.0261. The van der Waals surface area contributed by atoms with E-state index in [0.29, 0.717) is 19.3 Å². The van der Waals surface area contributed by atoms with E-state index in [2.05, 4.69) is 167 Å². The van der Waals surface area contributed by atoms with Crippen LogP contribution in [0.25, 0.3) is 0 Å². The predicted molar refractivity (Wildman–Crippen MR) is 325 cm³/mol. The number of hydrogen-bond donors (Lipinski definition) is 0. The molecule has 0 saturated carbocycles. The molecule has 0 rings (SSSR count). The van der Waals surface area contributed by atoms with E-state index in [4.69, 9.17) is 14.2 Å². The molecule has 6 heteroatoms. The van der Waals surface area contributed by atoms with Crippen molar-refractivity contribution in [2.75, 3.05) is 13.2 Å². The van der Waals surface area contributed by atoms with E-state index in [0.717, 1.165) is 161 Å². The number of carbonyl (C=O) groups is 3. The molecule has 0 aromatic rings. The van der Waals surface area contributed by atoms with Crippen molar-refractivity contribution in [3.8, 4) is 0 Å². The average molecular weight is 1040 g/mol. The van der Waals surface area contributed by atoms with Crippen molar-refractivity contribution in [2.24, 2.45) is 0 Å². The number of carbonyl (C=O) groups excluding carboxylic acids is 3. The summed E-state index contributed by atoms with van der Waals surface area (Å²) in [6.07, 6.45) is 88.8. The van der Waals surface area contributed by atoms with Gasteiger partial charge >= 0.3 is 17.9 Å². The van der Waals surface area contributed by atoms with Crippen LogP contribution in [0.3, 0.4) is 0 Å². The summed E-state index contributed by atoms with van der Waals surface area (Å²) in [6, 6.07) is 0. The van der Waals surface area contributed by atoms with Crippen LogP contribution in [0.1, 0.15) is 252 Å². The average Bonchev–Trinajstić information content (AvgIpc) is 3.41. The lowest BCUT2D eigenvalue weighted by Gasteiger charge is -2.18. The molecule has 0 N–H and O–H groups in total. The summed E-state index contributed by atoms with van der Waals surface area (Å²) in [5.41, 5.74) is 0. The molecule has 0 bridgehead atoms. The summed E-state index contributed by atoms with van der Waals surface area (Å²) in [5, 5.41) is 0. The second-order valence-corrected chi connectivity index (χ2v) is 19.5. The molecule has 422 valence electrons. The van der Waals surface area contributed by atoms with Crippen LogP contribution in [0, 0.1) is 0 Å². The third-order valence-electron chi connectivity index (χ3n) is 12.3. The third kappa shape index (κ3) is 60.0. The first kappa shape index (κ1) is 70.3. The minimum absolute atomic E-state index is 0.0958. The summed E-state index contributed by atoms with van der Waals surface area (Å²) >= 11 is 0. The minimum Gasteiger partial charge on any atom is -0.462 e. The molecule has 0 heterocycles. The van der Waals surface area contributed by atoms with Crippen LogP contribution in [-0.4, -0.2) is 37.2 Å². The van der Waals surface area contributed by atoms with Gasteiger partial charge in [-0.15, -0.1) is 0 Å². The molecule has 0 amide bonds. The van der Waals surface area contributed by atoms with Crippen molar-refractivity contribution in [1.29, 1.82) is 0 Å². The Morgan fingerprint density at radius 3 is 0.827 bits per heavy atom. The molecule has 0 aromatic carbocycles. The molecule has 75 heavy (non-hydrogen) atoms. The maximum absolute atomic E-state index is 12.8. The van der Waals surface area contributed by atoms with Crippen molar-refractivity contribution >= 4 is 17.9 Å². The van der Waals surface area contributed by atoms with E-state index in [1.165, 1.54) is 51.4 Å². The zero-order chi connectivity index (χ0) is 54.3. The molecular formula is C69H110O6. The van der Waals surface area contributed by atoms with Crippen LogP contribution in [-0.2, 0) is 28.6 Å². The first-order valence-electron chi connectivity index (χ1n) is 30.3. The van der Waals surface area contributed by atoms with Gasteiger partial charge in [0.15, 0.2) is 6.10 Å². The predicted octanol–water partition coefficient (Wildman–Crippen LogP) is 20.8. The van der Waals surface area contributed by atoms with E-state index < -0.39 is 6.10 Å². The van der Waals surface area contributed by atoms with Gasteiger partial charge in [0.25, 0.3) is 0 Å². The molecular weight excluding hydrogens is 925 g/mol. The van der Waals surface area contributed by atoms with E-state index in [1.54, 1.807) is 0 Å². The summed E-state index contributed by atoms with van der Waals surface area (Å²) in [5.74, 6) is -0.951. The standard InChI is InChI=1S/C69H110O6/c1-4-7-10-13-16-18-20-22-24-26-27-28-29-30-31-32-33-34-35-36-37-38-39-40-41-42-43-44-46-47-49-51-53-56-59-62-68(71)74-65-66(64-73-67(70)61-58-55-15-12-9-6-3)75-69(72)63-60-57-54-52-50-48-45-25-23-21-19-17-14-11-8-5-2/h7,10,16,18-19,21-22,24-25,27-28,30-31,33-34,36-37,39-40,42-43,45-47,66H,4-6,8-9,11-15,17,20,23,26,29,32,35,38,41,44,48-65H2,1-3H3/b10-7-,18-16-,21-19-,24-22-,28-27-,31-30-,34-33-,37-36-,40-39-,43-42-,45-25-,47-46-. The Bertz CT molecular complexity index is 1660. The van der Waals surface area contributed by atoms with Crippen molar-refractivity contribution in [2.45, 2.75) is 258 Å². The number of ether oxygens (including phenoxy) is 3. The highest BCUT2D eigenvalue weighted by molar-refractivity contribution is 5.71. The fourth-order valence-electron chi connectivity index (χ4n) is 7.79. The SMILES string of the molecule is CC/C=C\C/C=C\C/C=C\C/C=C\C/C=C\C/C=C\C/C=C\C/C=C\C/C=C\C/C=C\CCCCCCC(=O)OCC(COC(=O)CCCCCCCC)OC(=O)CCCCCCC/C=C\C/C=C\CCCCCC. The van der Waals surface area contributed by atoms with Gasteiger partial charge in [0.1, 0.15) is 13.2 Å². The molecule has 1 atom stereocenters. The van der Waals surface area contributed by atoms with E-state index in [-0.39, 0.29) is 31.1 Å². The largest absolute Gasteiger partial charge is 0.462 e. The van der Waals surface area contributed by atoms with Crippen LogP contribution >= 0.6 is 0 Å². The zero-order valence-electron chi connectivity index (χ0n) is 48.3. The molecule has 0 saturated heterocycles. The number of esters is 3. The molecule has 6 nitrogen and oxygen atoms in total. The molecule has 0 aliphatic heterocycles. The Hall–Kier alpha value is -4.71. The highest BCUT2D eigenvalue weighted by Gasteiger charge is 2.19. The Balaban J connectivity index is 4.19. The van der Waals surface area contributed by atoms with Crippen LogP contribution in [0.15, 0.2) is 146 Å². The topological polar surface area (TPSA) is 78.9 Å². The third-order valence-corrected chi connectivity index (χ3v) is 12.3. The minimum atomic E-state index is -0.797. The summed E-state index contributed by atoms with van der Waals surface area (Å²) in [4.78, 5) is 37.9. The normalized spacial score (nSPS) is 13.2. The van der Waals surface area contributed by atoms with Gasteiger partial charge in [-0.25, -0.2) is 0 Å². The second kappa shape index (κ2) is 61.8. The van der Waals surface area contributed by atoms with Gasteiger partial charge in [-0.1, -0.05) is 250 Å². The highest BCUT2D eigenvalue weighted by Crippen LogP contribution is 2.13. The molecule has 0 aliphatic carbocycles. The van der Waals surface area contributed by atoms with E-state index in [1.807, 2.05) is 0 Å². The van der Waals surface area contributed by atoms with Crippen molar-refractivity contribution < 1.29 is 28.6 Å². The van der Waals surface area contributed by atoms with Crippen molar-refractivity contribution in [1.82, 2.24) is 0 Å². The summed E-state index contributed by atoms with van der Waals surface area (Å²) < 4.78 is 16.7. The second-order valence-electron chi connectivity index (χ2n) is 19.5. The van der Waals surface area contributed by atoms with Crippen LogP contribution < -0.4 is 0 Å². The molecule has 0 radical (unpaired) electrons. The van der Waals surface area contributed by atoms with Gasteiger partial charge in [0.2, 0.25) is 0 Å².